The van der Waals surface area contributed by atoms with E-state index in [1.807, 2.05) is 41.0 Å². The molecule has 31 heavy (non-hydrogen) atoms. The molecule has 158 valence electrons. The van der Waals surface area contributed by atoms with E-state index in [2.05, 4.69) is 27.0 Å². The van der Waals surface area contributed by atoms with E-state index in [0.29, 0.717) is 20.9 Å². The first-order valence-corrected chi connectivity index (χ1v) is 12.0. The number of nitrogens with one attached hydrogen (secondary N) is 1. The number of nitrogens with zero attached hydrogens (tertiary/aromatic N) is 3. The summed E-state index contributed by atoms with van der Waals surface area (Å²) in [6, 6.07) is 18.7. The van der Waals surface area contributed by atoms with Crippen molar-refractivity contribution in [3.8, 4) is 0 Å². The van der Waals surface area contributed by atoms with Crippen LogP contribution in [0.25, 0.3) is 0 Å². The van der Waals surface area contributed by atoms with Gasteiger partial charge in [0.25, 0.3) is 0 Å². The van der Waals surface area contributed by atoms with E-state index >= 15 is 0 Å². The molecule has 0 saturated carbocycles. The van der Waals surface area contributed by atoms with Crippen LogP contribution in [0.1, 0.15) is 15.7 Å². The first-order chi connectivity index (χ1) is 15.1. The van der Waals surface area contributed by atoms with Crippen LogP contribution >= 0.6 is 46.3 Å². The molecule has 0 aliphatic heterocycles. The number of carbonyl (C=O) groups is 1. The fourth-order valence-corrected chi connectivity index (χ4v) is 5.28. The molecule has 2 aromatic heterocycles. The maximum absolute atomic E-state index is 13.2. The Labute approximate surface area is 198 Å². The summed E-state index contributed by atoms with van der Waals surface area (Å²) < 4.78 is 1.98. The van der Waals surface area contributed by atoms with Gasteiger partial charge in [0.1, 0.15) is 11.6 Å². The molecule has 4 rings (SSSR count). The Bertz CT molecular complexity index is 1130. The molecule has 0 bridgehead atoms. The second-order valence-corrected chi connectivity index (χ2v) is 9.67. The highest BCUT2D eigenvalue weighted by Gasteiger charge is 2.25. The predicted octanol–water partition coefficient (Wildman–Crippen LogP) is 6.36. The highest BCUT2D eigenvalue weighted by molar-refractivity contribution is 8.00. The van der Waals surface area contributed by atoms with Crippen molar-refractivity contribution in [2.45, 2.75) is 23.4 Å². The molecule has 0 aliphatic rings. The standard InChI is InChI=1S/C22H18Cl2N4OS2/c23-16-11-17(24)13-18(12-16)26-21(29)20(15-5-2-1-3-6-15)31-22-27-25-14-28(22)9-8-19-7-4-10-30-19/h1-7,10-14,20H,8-9H2,(H,26,29). The van der Waals surface area contributed by atoms with Crippen LogP contribution in [0.4, 0.5) is 5.69 Å². The third-order valence-electron chi connectivity index (χ3n) is 4.45. The second-order valence-electron chi connectivity index (χ2n) is 6.69. The molecule has 2 aromatic carbocycles. The summed E-state index contributed by atoms with van der Waals surface area (Å²) in [5.41, 5.74) is 1.41. The van der Waals surface area contributed by atoms with Crippen LogP contribution in [-0.2, 0) is 17.8 Å². The van der Waals surface area contributed by atoms with Gasteiger partial charge in [-0.15, -0.1) is 21.5 Å². The zero-order valence-corrected chi connectivity index (χ0v) is 19.4. The number of aromatic nitrogens is 3. The van der Waals surface area contributed by atoms with E-state index in [1.54, 1.807) is 35.9 Å². The number of thioether (sulfide) groups is 1. The average molecular weight is 489 g/mol. The normalized spacial score (nSPS) is 11.9. The van der Waals surface area contributed by atoms with Crippen LogP contribution in [0.3, 0.4) is 0 Å². The van der Waals surface area contributed by atoms with Crippen molar-refractivity contribution >= 4 is 57.9 Å². The lowest BCUT2D eigenvalue weighted by Gasteiger charge is -2.17. The highest BCUT2D eigenvalue weighted by atomic mass is 35.5. The van der Waals surface area contributed by atoms with Gasteiger partial charge in [0, 0.05) is 27.2 Å². The van der Waals surface area contributed by atoms with Gasteiger partial charge in [-0.2, -0.15) is 0 Å². The van der Waals surface area contributed by atoms with Crippen LogP contribution in [0.5, 0.6) is 0 Å². The maximum atomic E-state index is 13.2. The number of hydrogen-bond acceptors (Lipinski definition) is 5. The summed E-state index contributed by atoms with van der Waals surface area (Å²) in [4.78, 5) is 14.5. The minimum Gasteiger partial charge on any atom is -0.325 e. The van der Waals surface area contributed by atoms with Crippen molar-refractivity contribution in [1.82, 2.24) is 14.8 Å². The highest BCUT2D eigenvalue weighted by Crippen LogP contribution is 2.35. The Kier molecular flexibility index (Phi) is 7.29. The van der Waals surface area contributed by atoms with Crippen LogP contribution in [0.2, 0.25) is 10.0 Å². The van der Waals surface area contributed by atoms with Gasteiger partial charge in [0.15, 0.2) is 5.16 Å². The fraction of sp³-hybridized carbons (Fsp3) is 0.136. The topological polar surface area (TPSA) is 59.8 Å². The summed E-state index contributed by atoms with van der Waals surface area (Å²) in [5, 5.41) is 14.4. The molecule has 0 saturated heterocycles. The molecule has 0 spiro atoms. The van der Waals surface area contributed by atoms with Gasteiger partial charge >= 0.3 is 0 Å². The third kappa shape index (κ3) is 5.89. The van der Waals surface area contributed by atoms with E-state index in [0.717, 1.165) is 18.5 Å². The van der Waals surface area contributed by atoms with E-state index < -0.39 is 5.25 Å². The summed E-state index contributed by atoms with van der Waals surface area (Å²) in [5.74, 6) is -0.192. The predicted molar refractivity (Wildman–Crippen MR) is 128 cm³/mol. The molecule has 0 fully saturated rings. The molecule has 1 N–H and O–H groups in total. The van der Waals surface area contributed by atoms with Gasteiger partial charge in [-0.25, -0.2) is 0 Å². The Morgan fingerprint density at radius 2 is 1.87 bits per heavy atom. The van der Waals surface area contributed by atoms with Crippen LogP contribution in [0.15, 0.2) is 77.5 Å². The van der Waals surface area contributed by atoms with Gasteiger partial charge in [0.05, 0.1) is 0 Å². The molecule has 4 aromatic rings. The Morgan fingerprint density at radius 1 is 1.10 bits per heavy atom. The number of anilines is 1. The molecule has 1 unspecified atom stereocenters. The van der Waals surface area contributed by atoms with Crippen molar-refractivity contribution in [2.24, 2.45) is 0 Å². The van der Waals surface area contributed by atoms with Gasteiger partial charge in [-0.05, 0) is 41.6 Å². The molecule has 9 heteroatoms. The first kappa shape index (κ1) is 21.9. The third-order valence-corrected chi connectivity index (χ3v) is 7.07. The molecular formula is C22H18Cl2N4OS2. The quantitative estimate of drug-likeness (QED) is 0.293. The second kappa shape index (κ2) is 10.3. The van der Waals surface area contributed by atoms with E-state index in [1.165, 1.54) is 16.6 Å². The maximum Gasteiger partial charge on any atom is 0.242 e. The molecule has 1 atom stereocenters. The minimum absolute atomic E-state index is 0.192. The zero-order chi connectivity index (χ0) is 21.6. The lowest BCUT2D eigenvalue weighted by atomic mass is 10.1. The molecule has 1 amide bonds. The monoisotopic (exact) mass is 488 g/mol. The zero-order valence-electron chi connectivity index (χ0n) is 16.2. The lowest BCUT2D eigenvalue weighted by molar-refractivity contribution is -0.115. The Morgan fingerprint density at radius 3 is 2.58 bits per heavy atom. The average Bonchev–Trinajstić information content (AvgIpc) is 3.42. The van der Waals surface area contributed by atoms with E-state index in [4.69, 9.17) is 23.2 Å². The van der Waals surface area contributed by atoms with Gasteiger partial charge in [0.2, 0.25) is 5.91 Å². The van der Waals surface area contributed by atoms with Crippen LogP contribution in [0, 0.1) is 0 Å². The number of aryl methyl sites for hydroxylation is 2. The summed E-state index contributed by atoms with van der Waals surface area (Å²) in [6.07, 6.45) is 2.58. The molecular weight excluding hydrogens is 471 g/mol. The van der Waals surface area contributed by atoms with Gasteiger partial charge in [-0.3, -0.25) is 4.79 Å². The van der Waals surface area contributed by atoms with Crippen molar-refractivity contribution in [2.75, 3.05) is 5.32 Å². The minimum atomic E-state index is -0.524. The van der Waals surface area contributed by atoms with Crippen LogP contribution < -0.4 is 5.32 Å². The Balaban J connectivity index is 1.55. The van der Waals surface area contributed by atoms with Crippen molar-refractivity contribution in [3.05, 3.63) is 92.9 Å². The lowest BCUT2D eigenvalue weighted by Crippen LogP contribution is -2.19. The molecule has 2 heterocycles. The number of benzene rings is 2. The largest absolute Gasteiger partial charge is 0.325 e. The SMILES string of the molecule is O=C(Nc1cc(Cl)cc(Cl)c1)C(Sc1nncn1CCc1cccs1)c1ccccc1. The van der Waals surface area contributed by atoms with Crippen molar-refractivity contribution in [1.29, 1.82) is 0 Å². The van der Waals surface area contributed by atoms with Gasteiger partial charge in [-0.1, -0.05) is 71.4 Å². The van der Waals surface area contributed by atoms with Crippen molar-refractivity contribution < 1.29 is 4.79 Å². The van der Waals surface area contributed by atoms with Gasteiger partial charge < -0.3 is 9.88 Å². The summed E-state index contributed by atoms with van der Waals surface area (Å²) >= 11 is 15.2. The summed E-state index contributed by atoms with van der Waals surface area (Å²) in [7, 11) is 0. The van der Waals surface area contributed by atoms with Crippen LogP contribution in [-0.4, -0.2) is 20.7 Å². The molecule has 0 radical (unpaired) electrons. The smallest absolute Gasteiger partial charge is 0.242 e. The summed E-state index contributed by atoms with van der Waals surface area (Å²) in [6.45, 7) is 0.739. The number of carbonyl (C=O) groups excluding carboxylic acids is 1. The van der Waals surface area contributed by atoms with Crippen molar-refractivity contribution in [3.63, 3.8) is 0 Å². The molecule has 0 aliphatic carbocycles. The number of rotatable bonds is 8. The Hall–Kier alpha value is -2.32. The number of halogens is 2. The number of thiophene rings is 1. The van der Waals surface area contributed by atoms with E-state index in [9.17, 15) is 4.79 Å². The molecule has 5 nitrogen and oxygen atoms in total. The first-order valence-electron chi connectivity index (χ1n) is 9.47. The fourth-order valence-electron chi connectivity index (χ4n) is 3.01. The van der Waals surface area contributed by atoms with E-state index in [-0.39, 0.29) is 5.91 Å². The number of amides is 1. The number of hydrogen-bond donors (Lipinski definition) is 1.